The van der Waals surface area contributed by atoms with Gasteiger partial charge in [-0.15, -0.1) is 0 Å². The number of hydrogen-bond acceptors (Lipinski definition) is 2. The molecule has 1 saturated carbocycles. The van der Waals surface area contributed by atoms with Crippen molar-refractivity contribution in [1.82, 2.24) is 5.32 Å². The molecule has 0 aromatic rings. The van der Waals surface area contributed by atoms with E-state index in [4.69, 9.17) is 0 Å². The molecule has 3 nitrogen and oxygen atoms in total. The van der Waals surface area contributed by atoms with Crippen molar-refractivity contribution < 1.29 is 9.90 Å². The zero-order valence-electron chi connectivity index (χ0n) is 7.12. The number of nitrogens with one attached hydrogen (secondary N) is 1. The Morgan fingerprint density at radius 2 is 2.08 bits per heavy atom. The number of piperidine rings is 1. The van der Waals surface area contributed by atoms with Gasteiger partial charge in [0.25, 0.3) is 0 Å². The quantitative estimate of drug-likeness (QED) is 0.624. The van der Waals surface area contributed by atoms with Gasteiger partial charge < -0.3 is 10.4 Å². The second-order valence-corrected chi connectivity index (χ2v) is 3.93. The number of rotatable bonds is 2. The molecule has 2 rings (SSSR count). The van der Waals surface area contributed by atoms with Gasteiger partial charge in [-0.3, -0.25) is 4.79 Å². The lowest BCUT2D eigenvalue weighted by atomic mass is 9.89. The van der Waals surface area contributed by atoms with Crippen LogP contribution >= 0.6 is 0 Å². The predicted octanol–water partition coefficient (Wildman–Crippen LogP) is 0.283. The summed E-state index contributed by atoms with van der Waals surface area (Å²) in [6.07, 6.45) is 3.57. The molecule has 1 aliphatic heterocycles. The lowest BCUT2D eigenvalue weighted by Crippen LogP contribution is -2.38. The van der Waals surface area contributed by atoms with Gasteiger partial charge in [0.15, 0.2) is 0 Å². The van der Waals surface area contributed by atoms with Gasteiger partial charge in [0.05, 0.1) is 6.10 Å². The molecular formula is C9H15NO2. The van der Waals surface area contributed by atoms with E-state index in [-0.39, 0.29) is 17.9 Å². The fraction of sp³-hybridized carbons (Fsp3) is 0.889. The average molecular weight is 169 g/mol. The van der Waals surface area contributed by atoms with Crippen molar-refractivity contribution in [3.05, 3.63) is 0 Å². The van der Waals surface area contributed by atoms with E-state index in [1.807, 2.05) is 0 Å². The molecule has 3 heteroatoms. The Hall–Kier alpha value is -0.570. The summed E-state index contributed by atoms with van der Waals surface area (Å²) in [5, 5.41) is 12.5. The van der Waals surface area contributed by atoms with Crippen LogP contribution in [0.2, 0.25) is 0 Å². The summed E-state index contributed by atoms with van der Waals surface area (Å²) in [4.78, 5) is 11.0. The molecule has 12 heavy (non-hydrogen) atoms. The summed E-state index contributed by atoms with van der Waals surface area (Å²) in [6.45, 7) is 0.743. The smallest absolute Gasteiger partial charge is 0.220 e. The number of carbonyl (C=O) groups excluding carboxylic acids is 1. The van der Waals surface area contributed by atoms with Crippen LogP contribution in [0, 0.1) is 11.8 Å². The molecule has 1 saturated heterocycles. The van der Waals surface area contributed by atoms with Gasteiger partial charge in [0.1, 0.15) is 0 Å². The van der Waals surface area contributed by atoms with Crippen LogP contribution in [0.25, 0.3) is 0 Å². The highest BCUT2D eigenvalue weighted by atomic mass is 16.3. The van der Waals surface area contributed by atoms with Gasteiger partial charge >= 0.3 is 0 Å². The molecule has 0 aromatic carbocycles. The maximum absolute atomic E-state index is 11.0. The van der Waals surface area contributed by atoms with Crippen molar-refractivity contribution in [2.75, 3.05) is 6.54 Å². The average Bonchev–Trinajstić information content (AvgIpc) is 2.85. The summed E-state index contributed by atoms with van der Waals surface area (Å²) >= 11 is 0. The number of amides is 1. The fourth-order valence-electron chi connectivity index (χ4n) is 1.92. The first-order chi connectivity index (χ1) is 5.77. The van der Waals surface area contributed by atoms with Crippen LogP contribution in [0.1, 0.15) is 25.7 Å². The Morgan fingerprint density at radius 3 is 2.67 bits per heavy atom. The first-order valence-corrected chi connectivity index (χ1v) is 4.72. The van der Waals surface area contributed by atoms with E-state index in [9.17, 15) is 9.90 Å². The standard InChI is InChI=1S/C9H15NO2/c11-8-5-7(3-4-10-8)9(12)6-1-2-6/h6-7,9,12H,1-5H2,(H,10,11). The zero-order chi connectivity index (χ0) is 8.55. The van der Waals surface area contributed by atoms with Crippen molar-refractivity contribution in [2.24, 2.45) is 11.8 Å². The molecule has 1 amide bonds. The Bertz CT molecular complexity index is 189. The van der Waals surface area contributed by atoms with Crippen LogP contribution in [0.3, 0.4) is 0 Å². The Labute approximate surface area is 72.2 Å². The molecule has 0 radical (unpaired) electrons. The second-order valence-electron chi connectivity index (χ2n) is 3.93. The topological polar surface area (TPSA) is 49.3 Å². The van der Waals surface area contributed by atoms with Gasteiger partial charge in [-0.05, 0) is 31.1 Å². The van der Waals surface area contributed by atoms with Crippen molar-refractivity contribution in [3.8, 4) is 0 Å². The molecule has 0 bridgehead atoms. The Morgan fingerprint density at radius 1 is 1.33 bits per heavy atom. The minimum Gasteiger partial charge on any atom is -0.393 e. The van der Waals surface area contributed by atoms with E-state index in [1.54, 1.807) is 0 Å². The van der Waals surface area contributed by atoms with Crippen LogP contribution < -0.4 is 5.32 Å². The number of aliphatic hydroxyl groups excluding tert-OH is 1. The van der Waals surface area contributed by atoms with Crippen LogP contribution in [0.5, 0.6) is 0 Å². The van der Waals surface area contributed by atoms with Gasteiger partial charge in [-0.25, -0.2) is 0 Å². The lowest BCUT2D eigenvalue weighted by molar-refractivity contribution is -0.125. The predicted molar refractivity (Wildman–Crippen MR) is 44.5 cm³/mol. The fourth-order valence-corrected chi connectivity index (χ4v) is 1.92. The van der Waals surface area contributed by atoms with Crippen LogP contribution in [-0.4, -0.2) is 23.7 Å². The van der Waals surface area contributed by atoms with Crippen molar-refractivity contribution in [1.29, 1.82) is 0 Å². The van der Waals surface area contributed by atoms with Crippen molar-refractivity contribution in [2.45, 2.75) is 31.8 Å². The summed E-state index contributed by atoms with van der Waals surface area (Å²) in [5.41, 5.74) is 0. The normalized spacial score (nSPS) is 32.8. The number of aliphatic hydroxyl groups is 1. The maximum atomic E-state index is 11.0. The summed E-state index contributed by atoms with van der Waals surface area (Å²) < 4.78 is 0. The van der Waals surface area contributed by atoms with E-state index in [1.165, 1.54) is 0 Å². The third kappa shape index (κ3) is 1.61. The van der Waals surface area contributed by atoms with E-state index in [0.29, 0.717) is 12.3 Å². The molecule has 2 atom stereocenters. The first kappa shape index (κ1) is 8.05. The summed E-state index contributed by atoms with van der Waals surface area (Å²) in [7, 11) is 0. The highest BCUT2D eigenvalue weighted by Gasteiger charge is 2.36. The van der Waals surface area contributed by atoms with Gasteiger partial charge in [-0.1, -0.05) is 0 Å². The minimum atomic E-state index is -0.212. The van der Waals surface area contributed by atoms with Crippen LogP contribution in [-0.2, 0) is 4.79 Å². The van der Waals surface area contributed by atoms with Crippen LogP contribution in [0.15, 0.2) is 0 Å². The second kappa shape index (κ2) is 3.05. The van der Waals surface area contributed by atoms with Gasteiger partial charge in [0, 0.05) is 13.0 Å². The summed E-state index contributed by atoms with van der Waals surface area (Å²) in [6, 6.07) is 0. The molecule has 2 aliphatic rings. The van der Waals surface area contributed by atoms with Gasteiger partial charge in [0.2, 0.25) is 5.91 Å². The minimum absolute atomic E-state index is 0.103. The number of hydrogen-bond donors (Lipinski definition) is 2. The Kier molecular flexibility index (Phi) is 2.05. The van der Waals surface area contributed by atoms with Crippen LogP contribution in [0.4, 0.5) is 0 Å². The molecule has 1 heterocycles. The Balaban J connectivity index is 1.88. The molecular weight excluding hydrogens is 154 g/mol. The molecule has 1 aliphatic carbocycles. The first-order valence-electron chi connectivity index (χ1n) is 4.72. The highest BCUT2D eigenvalue weighted by Crippen LogP contribution is 2.37. The van der Waals surface area contributed by atoms with Crippen molar-refractivity contribution in [3.63, 3.8) is 0 Å². The SMILES string of the molecule is O=C1CC(C(O)C2CC2)CCN1. The largest absolute Gasteiger partial charge is 0.393 e. The lowest BCUT2D eigenvalue weighted by Gasteiger charge is -2.26. The molecule has 68 valence electrons. The number of carbonyl (C=O) groups is 1. The molecule has 2 N–H and O–H groups in total. The molecule has 0 aromatic heterocycles. The third-order valence-corrected chi connectivity index (χ3v) is 2.87. The summed E-state index contributed by atoms with van der Waals surface area (Å²) in [5.74, 6) is 0.832. The van der Waals surface area contributed by atoms with E-state index in [0.717, 1.165) is 25.8 Å². The highest BCUT2D eigenvalue weighted by molar-refractivity contribution is 5.76. The van der Waals surface area contributed by atoms with E-state index < -0.39 is 0 Å². The zero-order valence-corrected chi connectivity index (χ0v) is 7.12. The maximum Gasteiger partial charge on any atom is 0.220 e. The molecule has 2 unspecified atom stereocenters. The monoisotopic (exact) mass is 169 g/mol. The van der Waals surface area contributed by atoms with E-state index >= 15 is 0 Å². The van der Waals surface area contributed by atoms with Crippen molar-refractivity contribution >= 4 is 5.91 Å². The third-order valence-electron chi connectivity index (χ3n) is 2.87. The molecule has 2 fully saturated rings. The molecule has 0 spiro atoms. The van der Waals surface area contributed by atoms with Gasteiger partial charge in [-0.2, -0.15) is 0 Å². The van der Waals surface area contributed by atoms with E-state index in [2.05, 4.69) is 5.32 Å².